The Morgan fingerprint density at radius 1 is 1.24 bits per heavy atom. The van der Waals surface area contributed by atoms with E-state index in [-0.39, 0.29) is 17.5 Å². The van der Waals surface area contributed by atoms with Gasteiger partial charge in [0.15, 0.2) is 11.4 Å². The van der Waals surface area contributed by atoms with E-state index >= 15 is 0 Å². The number of hydrogen-bond acceptors (Lipinski definition) is 6. The zero-order chi connectivity index (χ0) is 24.8. The van der Waals surface area contributed by atoms with Crippen LogP contribution in [0.2, 0.25) is 0 Å². The summed E-state index contributed by atoms with van der Waals surface area (Å²) < 4.78 is 33.6. The molecule has 1 amide bonds. The third-order valence-electron chi connectivity index (χ3n) is 6.62. The number of anilines is 2. The first-order chi connectivity index (χ1) is 16.1. The molecular weight excluding hydrogens is 442 g/mol. The van der Waals surface area contributed by atoms with Crippen molar-refractivity contribution in [2.75, 3.05) is 30.5 Å². The maximum atomic E-state index is 14.0. The number of likely N-dealkylation sites (N-methyl/N-ethyl adjacent to an activating group) is 1. The highest BCUT2D eigenvalue weighted by molar-refractivity contribution is 6.10. The molecule has 1 unspecified atom stereocenters. The number of alkyl halides is 2. The summed E-state index contributed by atoms with van der Waals surface area (Å²) in [5, 5.41) is 22.5. The topological polar surface area (TPSA) is 87.6 Å². The van der Waals surface area contributed by atoms with Gasteiger partial charge in [0.25, 0.3) is 11.8 Å². The SMILES string of the molecule is CCN1C(=O)C(C)(OC)c2cc3c(C)nnc(N[C@H](C)c4cccc(C(F)(F)CO)c4)c3cc21. The van der Waals surface area contributed by atoms with Crippen molar-refractivity contribution in [3.05, 3.63) is 58.8 Å². The fourth-order valence-corrected chi connectivity index (χ4v) is 4.44. The molecule has 0 saturated carbocycles. The predicted molar refractivity (Wildman–Crippen MR) is 126 cm³/mol. The molecule has 9 heteroatoms. The van der Waals surface area contributed by atoms with Crippen LogP contribution in [0.15, 0.2) is 36.4 Å². The number of aliphatic hydroxyl groups is 1. The van der Waals surface area contributed by atoms with Crippen molar-refractivity contribution in [3.63, 3.8) is 0 Å². The molecule has 1 aliphatic heterocycles. The number of methoxy groups -OCH3 is 1. The van der Waals surface area contributed by atoms with E-state index < -0.39 is 18.1 Å². The number of benzene rings is 2. The second-order valence-corrected chi connectivity index (χ2v) is 8.69. The van der Waals surface area contributed by atoms with Crippen molar-refractivity contribution >= 4 is 28.2 Å². The zero-order valence-electron chi connectivity index (χ0n) is 19.8. The molecule has 0 radical (unpaired) electrons. The second kappa shape index (κ2) is 8.56. The average Bonchev–Trinajstić information content (AvgIpc) is 3.06. The lowest BCUT2D eigenvalue weighted by Gasteiger charge is -2.22. The van der Waals surface area contributed by atoms with E-state index in [4.69, 9.17) is 9.84 Å². The molecule has 0 bridgehead atoms. The minimum Gasteiger partial charge on any atom is -0.390 e. The van der Waals surface area contributed by atoms with E-state index in [1.54, 1.807) is 17.9 Å². The van der Waals surface area contributed by atoms with Crippen LogP contribution in [0.4, 0.5) is 20.3 Å². The van der Waals surface area contributed by atoms with E-state index in [0.717, 1.165) is 22.0 Å². The Bertz CT molecular complexity index is 1270. The molecular formula is C25H28F2N4O3. The molecule has 2 atom stereocenters. The van der Waals surface area contributed by atoms with Crippen molar-refractivity contribution < 1.29 is 23.4 Å². The molecule has 0 aliphatic carbocycles. The lowest BCUT2D eigenvalue weighted by atomic mass is 9.94. The molecule has 34 heavy (non-hydrogen) atoms. The Labute approximate surface area is 196 Å². The Hall–Kier alpha value is -3.17. The van der Waals surface area contributed by atoms with Gasteiger partial charge >= 0.3 is 0 Å². The molecule has 3 aromatic rings. The zero-order valence-corrected chi connectivity index (χ0v) is 19.8. The Kier molecular flexibility index (Phi) is 6.03. The summed E-state index contributed by atoms with van der Waals surface area (Å²) in [6.07, 6.45) is 0. The molecule has 0 spiro atoms. The summed E-state index contributed by atoms with van der Waals surface area (Å²) in [7, 11) is 1.52. The first-order valence-electron chi connectivity index (χ1n) is 11.1. The molecule has 0 fully saturated rings. The fraction of sp³-hybridized carbons (Fsp3) is 0.400. The Morgan fingerprint density at radius 2 is 1.97 bits per heavy atom. The first kappa shape index (κ1) is 24.0. The highest BCUT2D eigenvalue weighted by Gasteiger charge is 2.47. The van der Waals surface area contributed by atoms with Crippen LogP contribution in [-0.2, 0) is 21.1 Å². The summed E-state index contributed by atoms with van der Waals surface area (Å²) in [5.41, 5.74) is 1.48. The van der Waals surface area contributed by atoms with Gasteiger partial charge in [-0.3, -0.25) is 4.79 Å². The van der Waals surface area contributed by atoms with Crippen LogP contribution < -0.4 is 10.2 Å². The van der Waals surface area contributed by atoms with Crippen LogP contribution in [0.25, 0.3) is 10.8 Å². The number of aliphatic hydroxyl groups excluding tert-OH is 1. The third kappa shape index (κ3) is 3.69. The molecule has 0 saturated heterocycles. The standard InChI is InChI=1S/C25H28F2N4O3/c1-6-31-21-12-19-18(11-20(21)24(4,34-5)23(31)33)15(3)29-30-22(19)28-14(2)16-8-7-9-17(10-16)25(26,27)13-32/h7-12,14,32H,6,13H2,1-5H3,(H,28,30)/t14-,24?/m1/s1. The number of aryl methyl sites for hydroxylation is 1. The summed E-state index contributed by atoms with van der Waals surface area (Å²) in [6, 6.07) is 9.38. The maximum Gasteiger partial charge on any atom is 0.295 e. The van der Waals surface area contributed by atoms with Gasteiger partial charge in [0.05, 0.1) is 17.4 Å². The van der Waals surface area contributed by atoms with Crippen molar-refractivity contribution in [1.29, 1.82) is 0 Å². The quantitative estimate of drug-likeness (QED) is 0.532. The molecule has 7 nitrogen and oxygen atoms in total. The van der Waals surface area contributed by atoms with Crippen molar-refractivity contribution in [2.24, 2.45) is 0 Å². The summed E-state index contributed by atoms with van der Waals surface area (Å²) >= 11 is 0. The minimum absolute atomic E-state index is 0.133. The number of fused-ring (bicyclic) bond motifs is 2. The first-order valence-corrected chi connectivity index (χ1v) is 11.1. The molecule has 1 aliphatic rings. The highest BCUT2D eigenvalue weighted by atomic mass is 19.3. The van der Waals surface area contributed by atoms with Gasteiger partial charge in [-0.05, 0) is 51.5 Å². The van der Waals surface area contributed by atoms with Crippen molar-refractivity contribution in [2.45, 2.75) is 45.3 Å². The number of carbonyl (C=O) groups is 1. The molecule has 2 aromatic carbocycles. The Morgan fingerprint density at radius 3 is 2.62 bits per heavy atom. The highest BCUT2D eigenvalue weighted by Crippen LogP contribution is 2.45. The fourth-order valence-electron chi connectivity index (χ4n) is 4.44. The van der Waals surface area contributed by atoms with Crippen LogP contribution >= 0.6 is 0 Å². The van der Waals surface area contributed by atoms with E-state index in [1.807, 2.05) is 32.9 Å². The van der Waals surface area contributed by atoms with Crippen LogP contribution in [0.1, 0.15) is 49.2 Å². The van der Waals surface area contributed by atoms with E-state index in [1.165, 1.54) is 25.3 Å². The van der Waals surface area contributed by atoms with Crippen LogP contribution in [-0.4, -0.2) is 41.5 Å². The average molecular weight is 471 g/mol. The third-order valence-corrected chi connectivity index (χ3v) is 6.62. The molecule has 4 rings (SSSR count). The number of aromatic nitrogens is 2. The second-order valence-electron chi connectivity index (χ2n) is 8.69. The molecule has 2 N–H and O–H groups in total. The molecule has 2 heterocycles. The van der Waals surface area contributed by atoms with Crippen LogP contribution in [0.5, 0.6) is 0 Å². The lowest BCUT2D eigenvalue weighted by Crippen LogP contribution is -2.39. The van der Waals surface area contributed by atoms with Gasteiger partial charge in [0.2, 0.25) is 0 Å². The number of ether oxygens (including phenoxy) is 1. The van der Waals surface area contributed by atoms with Crippen LogP contribution in [0.3, 0.4) is 0 Å². The largest absolute Gasteiger partial charge is 0.390 e. The number of rotatable bonds is 7. The smallest absolute Gasteiger partial charge is 0.295 e. The molecule has 1 aromatic heterocycles. The van der Waals surface area contributed by atoms with Gasteiger partial charge in [0, 0.05) is 35.6 Å². The molecule has 180 valence electrons. The van der Waals surface area contributed by atoms with E-state index in [2.05, 4.69) is 15.5 Å². The number of nitrogens with zero attached hydrogens (tertiary/aromatic N) is 3. The predicted octanol–water partition coefficient (Wildman–Crippen LogP) is 4.42. The van der Waals surface area contributed by atoms with Gasteiger partial charge in [-0.15, -0.1) is 5.10 Å². The monoisotopic (exact) mass is 470 g/mol. The summed E-state index contributed by atoms with van der Waals surface area (Å²) in [4.78, 5) is 14.8. The van der Waals surface area contributed by atoms with Crippen molar-refractivity contribution in [3.8, 4) is 0 Å². The number of hydrogen-bond donors (Lipinski definition) is 2. The number of halogens is 2. The maximum absolute atomic E-state index is 14.0. The number of carbonyl (C=O) groups excluding carboxylic acids is 1. The van der Waals surface area contributed by atoms with Gasteiger partial charge in [-0.2, -0.15) is 13.9 Å². The van der Waals surface area contributed by atoms with Gasteiger partial charge in [-0.1, -0.05) is 18.2 Å². The van der Waals surface area contributed by atoms with Crippen molar-refractivity contribution in [1.82, 2.24) is 10.2 Å². The Balaban J connectivity index is 1.79. The van der Waals surface area contributed by atoms with Gasteiger partial charge in [-0.25, -0.2) is 0 Å². The van der Waals surface area contributed by atoms with Crippen LogP contribution in [0, 0.1) is 6.92 Å². The minimum atomic E-state index is -3.32. The number of nitrogens with one attached hydrogen (secondary N) is 1. The number of amides is 1. The van der Waals surface area contributed by atoms with Gasteiger partial charge < -0.3 is 20.1 Å². The van der Waals surface area contributed by atoms with E-state index in [0.29, 0.717) is 23.6 Å². The normalized spacial score (nSPS) is 18.9. The van der Waals surface area contributed by atoms with Gasteiger partial charge in [0.1, 0.15) is 6.61 Å². The van der Waals surface area contributed by atoms with E-state index in [9.17, 15) is 13.6 Å². The summed E-state index contributed by atoms with van der Waals surface area (Å²) in [5.74, 6) is -2.98. The lowest BCUT2D eigenvalue weighted by molar-refractivity contribution is -0.137. The summed E-state index contributed by atoms with van der Waals surface area (Å²) in [6.45, 7) is 6.56.